The zero-order chi connectivity index (χ0) is 20.8. The van der Waals surface area contributed by atoms with Gasteiger partial charge in [0.15, 0.2) is 5.11 Å². The third kappa shape index (κ3) is 5.82. The van der Waals surface area contributed by atoms with Crippen molar-refractivity contribution in [1.29, 1.82) is 0 Å². The number of rotatable bonds is 5. The lowest BCUT2D eigenvalue weighted by Crippen LogP contribution is -2.44. The van der Waals surface area contributed by atoms with Crippen LogP contribution in [0.4, 0.5) is 11.4 Å². The molecule has 0 saturated carbocycles. The number of likely N-dealkylation sites (N-methyl/N-ethyl adjacent to an activating group) is 1. The number of benzene rings is 2. The number of hydrogen-bond donors (Lipinski definition) is 2. The molecule has 29 heavy (non-hydrogen) atoms. The summed E-state index contributed by atoms with van der Waals surface area (Å²) in [7, 11) is 3.49. The number of carbonyl (C=O) groups excluding carboxylic acids is 1. The number of anilines is 2. The van der Waals surface area contributed by atoms with Gasteiger partial charge in [-0.15, -0.1) is 0 Å². The Morgan fingerprint density at radius 3 is 2.48 bits per heavy atom. The molecule has 0 amide bonds. The van der Waals surface area contributed by atoms with Crippen LogP contribution >= 0.6 is 23.8 Å². The Morgan fingerprint density at radius 2 is 1.83 bits per heavy atom. The van der Waals surface area contributed by atoms with E-state index in [9.17, 15) is 4.79 Å². The van der Waals surface area contributed by atoms with E-state index in [1.807, 2.05) is 0 Å². The van der Waals surface area contributed by atoms with Gasteiger partial charge in [-0.1, -0.05) is 23.7 Å². The molecule has 0 spiro atoms. The van der Waals surface area contributed by atoms with Gasteiger partial charge in [-0.2, -0.15) is 0 Å². The fraction of sp³-hybridized carbons (Fsp3) is 0.333. The van der Waals surface area contributed by atoms with E-state index >= 15 is 0 Å². The average Bonchev–Trinajstić information content (AvgIpc) is 2.74. The van der Waals surface area contributed by atoms with Crippen LogP contribution in [-0.4, -0.2) is 56.3 Å². The molecule has 2 N–H and O–H groups in total. The maximum absolute atomic E-state index is 11.7. The SMILES string of the molecule is COC(=O)c1ccc(Cl)c(NC(=S)NCc2ccc(N3CCN(C)CC3)cc2)c1. The monoisotopic (exact) mass is 432 g/mol. The molecule has 2 aromatic carbocycles. The van der Waals surface area contributed by atoms with E-state index in [4.69, 9.17) is 28.6 Å². The highest BCUT2D eigenvalue weighted by Gasteiger charge is 2.14. The van der Waals surface area contributed by atoms with Gasteiger partial charge in [0.1, 0.15) is 0 Å². The molecule has 0 aromatic heterocycles. The van der Waals surface area contributed by atoms with Crippen LogP contribution < -0.4 is 15.5 Å². The minimum absolute atomic E-state index is 0.404. The Labute approximate surface area is 181 Å². The predicted molar refractivity (Wildman–Crippen MR) is 122 cm³/mol. The Morgan fingerprint density at radius 1 is 1.14 bits per heavy atom. The number of hydrogen-bond acceptors (Lipinski definition) is 5. The van der Waals surface area contributed by atoms with Crippen molar-refractivity contribution >= 4 is 46.3 Å². The summed E-state index contributed by atoms with van der Waals surface area (Å²) in [6.07, 6.45) is 0. The van der Waals surface area contributed by atoms with E-state index < -0.39 is 5.97 Å². The Hall–Kier alpha value is -2.35. The number of methoxy groups -OCH3 is 1. The third-order valence-electron chi connectivity index (χ3n) is 4.89. The second kappa shape index (κ2) is 9.91. The molecule has 0 atom stereocenters. The minimum atomic E-state index is -0.427. The summed E-state index contributed by atoms with van der Waals surface area (Å²) in [5.74, 6) is -0.427. The highest BCUT2D eigenvalue weighted by atomic mass is 35.5. The molecule has 1 fully saturated rings. The molecule has 1 aliphatic rings. The van der Waals surface area contributed by atoms with E-state index in [0.717, 1.165) is 31.7 Å². The van der Waals surface area contributed by atoms with Crippen LogP contribution in [0.2, 0.25) is 5.02 Å². The molecular formula is C21H25ClN4O2S. The molecule has 0 bridgehead atoms. The van der Waals surface area contributed by atoms with Crippen LogP contribution in [0.25, 0.3) is 0 Å². The number of ether oxygens (including phenoxy) is 1. The van der Waals surface area contributed by atoms with Gasteiger partial charge in [-0.05, 0) is 55.2 Å². The minimum Gasteiger partial charge on any atom is -0.465 e. The Balaban J connectivity index is 1.54. The van der Waals surface area contributed by atoms with E-state index in [0.29, 0.717) is 27.9 Å². The van der Waals surface area contributed by atoms with Crippen molar-refractivity contribution in [2.75, 3.05) is 50.6 Å². The van der Waals surface area contributed by atoms with Crippen LogP contribution in [-0.2, 0) is 11.3 Å². The molecule has 6 nitrogen and oxygen atoms in total. The van der Waals surface area contributed by atoms with Gasteiger partial charge < -0.3 is 25.2 Å². The molecule has 0 radical (unpaired) electrons. The van der Waals surface area contributed by atoms with Crippen molar-refractivity contribution in [3.63, 3.8) is 0 Å². The molecule has 1 saturated heterocycles. The van der Waals surface area contributed by atoms with Gasteiger partial charge in [-0.3, -0.25) is 0 Å². The lowest BCUT2D eigenvalue weighted by atomic mass is 10.2. The van der Waals surface area contributed by atoms with Crippen LogP contribution in [0, 0.1) is 0 Å². The maximum Gasteiger partial charge on any atom is 0.337 e. The smallest absolute Gasteiger partial charge is 0.337 e. The predicted octanol–water partition coefficient (Wildman–Crippen LogP) is 3.37. The summed E-state index contributed by atoms with van der Waals surface area (Å²) in [5.41, 5.74) is 3.33. The summed E-state index contributed by atoms with van der Waals surface area (Å²) in [6, 6.07) is 13.4. The van der Waals surface area contributed by atoms with Crippen LogP contribution in [0.3, 0.4) is 0 Å². The largest absolute Gasteiger partial charge is 0.465 e. The van der Waals surface area contributed by atoms with E-state index in [1.165, 1.54) is 12.8 Å². The molecule has 0 unspecified atom stereocenters. The maximum atomic E-state index is 11.7. The second-order valence-electron chi connectivity index (χ2n) is 6.95. The van der Waals surface area contributed by atoms with Crippen molar-refractivity contribution in [3.05, 3.63) is 58.6 Å². The van der Waals surface area contributed by atoms with Gasteiger partial charge in [0.2, 0.25) is 0 Å². The standard InChI is InChI=1S/C21H25ClN4O2S/c1-25-9-11-26(12-10-25)17-6-3-15(4-7-17)14-23-21(29)24-19-13-16(20(27)28-2)5-8-18(19)22/h3-8,13H,9-12,14H2,1-2H3,(H2,23,24,29). The number of carbonyl (C=O) groups is 1. The Bertz CT molecular complexity index is 867. The molecule has 1 heterocycles. The van der Waals surface area contributed by atoms with E-state index in [-0.39, 0.29) is 0 Å². The average molecular weight is 433 g/mol. The van der Waals surface area contributed by atoms with Crippen molar-refractivity contribution in [2.24, 2.45) is 0 Å². The lowest BCUT2D eigenvalue weighted by molar-refractivity contribution is 0.0601. The first kappa shape index (κ1) is 21.4. The fourth-order valence-electron chi connectivity index (χ4n) is 3.10. The molecule has 3 rings (SSSR count). The topological polar surface area (TPSA) is 56.8 Å². The summed E-state index contributed by atoms with van der Waals surface area (Å²) in [6.45, 7) is 4.86. The van der Waals surface area contributed by atoms with Gasteiger partial charge in [-0.25, -0.2) is 4.79 Å². The fourth-order valence-corrected chi connectivity index (χ4v) is 3.45. The van der Waals surface area contributed by atoms with Gasteiger partial charge in [0.05, 0.1) is 23.4 Å². The lowest BCUT2D eigenvalue weighted by Gasteiger charge is -2.34. The molecule has 2 aromatic rings. The number of nitrogens with zero attached hydrogens (tertiary/aromatic N) is 2. The Kier molecular flexibility index (Phi) is 7.30. The summed E-state index contributed by atoms with van der Waals surface area (Å²) in [4.78, 5) is 16.4. The first-order valence-corrected chi connectivity index (χ1v) is 10.2. The van der Waals surface area contributed by atoms with Crippen LogP contribution in [0.15, 0.2) is 42.5 Å². The van der Waals surface area contributed by atoms with Gasteiger partial charge in [0.25, 0.3) is 0 Å². The van der Waals surface area contributed by atoms with Crippen molar-refractivity contribution in [3.8, 4) is 0 Å². The van der Waals surface area contributed by atoms with Crippen LogP contribution in [0.1, 0.15) is 15.9 Å². The van der Waals surface area contributed by atoms with Crippen molar-refractivity contribution in [2.45, 2.75) is 6.54 Å². The quantitative estimate of drug-likeness (QED) is 0.555. The molecular weight excluding hydrogens is 408 g/mol. The van der Waals surface area contributed by atoms with E-state index in [1.54, 1.807) is 18.2 Å². The number of nitrogens with one attached hydrogen (secondary N) is 2. The van der Waals surface area contributed by atoms with Crippen molar-refractivity contribution < 1.29 is 9.53 Å². The van der Waals surface area contributed by atoms with Gasteiger partial charge in [0, 0.05) is 38.4 Å². The highest BCUT2D eigenvalue weighted by Crippen LogP contribution is 2.23. The highest BCUT2D eigenvalue weighted by molar-refractivity contribution is 7.80. The second-order valence-corrected chi connectivity index (χ2v) is 7.77. The normalized spacial score (nSPS) is 14.4. The molecule has 1 aliphatic heterocycles. The number of piperazine rings is 1. The molecule has 154 valence electrons. The molecule has 8 heteroatoms. The first-order valence-electron chi connectivity index (χ1n) is 9.41. The van der Waals surface area contributed by atoms with Gasteiger partial charge >= 0.3 is 5.97 Å². The number of esters is 1. The van der Waals surface area contributed by atoms with Crippen LogP contribution in [0.5, 0.6) is 0 Å². The zero-order valence-corrected chi connectivity index (χ0v) is 18.1. The van der Waals surface area contributed by atoms with Crippen molar-refractivity contribution in [1.82, 2.24) is 10.2 Å². The first-order chi connectivity index (χ1) is 14.0. The summed E-state index contributed by atoms with van der Waals surface area (Å²) >= 11 is 11.6. The zero-order valence-electron chi connectivity index (χ0n) is 16.6. The summed E-state index contributed by atoms with van der Waals surface area (Å²) in [5, 5.41) is 7.10. The molecule has 0 aliphatic carbocycles. The number of halogens is 1. The van der Waals surface area contributed by atoms with E-state index in [2.05, 4.69) is 51.7 Å². The summed E-state index contributed by atoms with van der Waals surface area (Å²) < 4.78 is 4.74. The number of thiocarbonyl (C=S) groups is 1. The third-order valence-corrected chi connectivity index (χ3v) is 5.47.